The number of hydrogen-bond donors (Lipinski definition) is 0. The first-order chi connectivity index (χ1) is 8.88. The van der Waals surface area contributed by atoms with Gasteiger partial charge in [0, 0.05) is 5.56 Å². The molecule has 5 heteroatoms. The van der Waals surface area contributed by atoms with E-state index in [0.717, 1.165) is 21.8 Å². The van der Waals surface area contributed by atoms with Gasteiger partial charge in [0.15, 0.2) is 5.65 Å². The molecule has 0 aliphatic heterocycles. The molecule has 0 fully saturated rings. The number of rotatable bonds is 2. The first kappa shape index (κ1) is 11.1. The van der Waals surface area contributed by atoms with Gasteiger partial charge in [-0.3, -0.25) is 0 Å². The molecule has 0 aliphatic rings. The van der Waals surface area contributed by atoms with E-state index in [4.69, 9.17) is 0 Å². The largest absolute Gasteiger partial charge is 0.240 e. The smallest absolute Gasteiger partial charge is 0.182 e. The van der Waals surface area contributed by atoms with E-state index < -0.39 is 0 Å². The van der Waals surface area contributed by atoms with Gasteiger partial charge in [0.25, 0.3) is 0 Å². The Bertz CT molecular complexity index is 685. The van der Waals surface area contributed by atoms with Crippen molar-refractivity contribution < 1.29 is 0 Å². The van der Waals surface area contributed by atoms with Gasteiger partial charge in [-0.15, -0.1) is 11.8 Å². The summed E-state index contributed by atoms with van der Waals surface area (Å²) in [7, 11) is 0. The molecular formula is C13H10N4S. The second kappa shape index (κ2) is 4.70. The highest BCUT2D eigenvalue weighted by molar-refractivity contribution is 7.98. The molecule has 2 heterocycles. The minimum absolute atomic E-state index is 0.633. The summed E-state index contributed by atoms with van der Waals surface area (Å²) in [5, 5.41) is 0.852. The third kappa shape index (κ3) is 1.93. The Morgan fingerprint density at radius 2 is 1.83 bits per heavy atom. The summed E-state index contributed by atoms with van der Waals surface area (Å²) < 4.78 is 0. The Balaban J connectivity index is 2.22. The second-order valence-corrected chi connectivity index (χ2v) is 4.47. The fourth-order valence-electron chi connectivity index (χ4n) is 1.72. The highest BCUT2D eigenvalue weighted by Gasteiger charge is 2.07. The number of benzene rings is 1. The van der Waals surface area contributed by atoms with E-state index in [2.05, 4.69) is 19.9 Å². The fourth-order valence-corrected chi connectivity index (χ4v) is 2.20. The Morgan fingerprint density at radius 1 is 1.00 bits per heavy atom. The maximum Gasteiger partial charge on any atom is 0.182 e. The molecule has 4 nitrogen and oxygen atoms in total. The van der Waals surface area contributed by atoms with Gasteiger partial charge >= 0.3 is 0 Å². The molecule has 0 saturated carbocycles. The van der Waals surface area contributed by atoms with E-state index in [1.807, 2.05) is 36.6 Å². The SMILES string of the molecule is CSc1ncnc2ncc(-c3ccccc3)nc12. The van der Waals surface area contributed by atoms with Crippen molar-refractivity contribution in [3.63, 3.8) is 0 Å². The van der Waals surface area contributed by atoms with Gasteiger partial charge < -0.3 is 0 Å². The van der Waals surface area contributed by atoms with Crippen molar-refractivity contribution in [3.8, 4) is 11.3 Å². The van der Waals surface area contributed by atoms with Gasteiger partial charge in [0.1, 0.15) is 16.9 Å². The van der Waals surface area contributed by atoms with Crippen molar-refractivity contribution in [1.82, 2.24) is 19.9 Å². The highest BCUT2D eigenvalue weighted by atomic mass is 32.2. The Hall–Kier alpha value is -2.01. The molecule has 0 saturated heterocycles. The summed E-state index contributed by atoms with van der Waals surface area (Å²) in [5.74, 6) is 0. The minimum atomic E-state index is 0.633. The predicted molar refractivity (Wildman–Crippen MR) is 72.3 cm³/mol. The van der Waals surface area contributed by atoms with Crippen LogP contribution in [0, 0.1) is 0 Å². The van der Waals surface area contributed by atoms with Crippen LogP contribution in [-0.2, 0) is 0 Å². The Morgan fingerprint density at radius 3 is 2.61 bits per heavy atom. The third-order valence-corrected chi connectivity index (χ3v) is 3.26. The van der Waals surface area contributed by atoms with Crippen LogP contribution in [0.15, 0.2) is 47.9 Å². The molecule has 2 aromatic heterocycles. The molecule has 0 atom stereocenters. The molecule has 0 bridgehead atoms. The molecule has 0 spiro atoms. The van der Waals surface area contributed by atoms with Gasteiger partial charge in [-0.25, -0.2) is 19.9 Å². The van der Waals surface area contributed by atoms with Crippen LogP contribution in [0.2, 0.25) is 0 Å². The van der Waals surface area contributed by atoms with E-state index in [-0.39, 0.29) is 0 Å². The summed E-state index contributed by atoms with van der Waals surface area (Å²) in [4.78, 5) is 17.3. The fraction of sp³-hybridized carbons (Fsp3) is 0.0769. The van der Waals surface area contributed by atoms with Crippen molar-refractivity contribution in [2.45, 2.75) is 5.03 Å². The van der Waals surface area contributed by atoms with Crippen LogP contribution in [0.5, 0.6) is 0 Å². The minimum Gasteiger partial charge on any atom is -0.240 e. The average molecular weight is 254 g/mol. The first-order valence-corrected chi connectivity index (χ1v) is 6.68. The second-order valence-electron chi connectivity index (χ2n) is 3.68. The molecule has 3 aromatic rings. The van der Waals surface area contributed by atoms with Crippen LogP contribution in [0.1, 0.15) is 0 Å². The zero-order valence-corrected chi connectivity index (χ0v) is 10.6. The summed E-state index contributed by atoms with van der Waals surface area (Å²) in [6, 6.07) is 9.97. The molecule has 1 aromatic carbocycles. The first-order valence-electron chi connectivity index (χ1n) is 5.45. The lowest BCUT2D eigenvalue weighted by Gasteiger charge is -2.03. The van der Waals surface area contributed by atoms with Gasteiger partial charge in [0.05, 0.1) is 11.9 Å². The highest BCUT2D eigenvalue weighted by Crippen LogP contribution is 2.22. The zero-order valence-electron chi connectivity index (χ0n) is 9.74. The average Bonchev–Trinajstić information content (AvgIpc) is 2.47. The van der Waals surface area contributed by atoms with Gasteiger partial charge in [-0.05, 0) is 6.26 Å². The molecule has 88 valence electrons. The molecule has 0 aliphatic carbocycles. The van der Waals surface area contributed by atoms with Gasteiger partial charge in [-0.1, -0.05) is 30.3 Å². The van der Waals surface area contributed by atoms with Gasteiger partial charge in [0.2, 0.25) is 0 Å². The van der Waals surface area contributed by atoms with Crippen LogP contribution in [0.25, 0.3) is 22.4 Å². The number of fused-ring (bicyclic) bond motifs is 1. The lowest BCUT2D eigenvalue weighted by atomic mass is 10.2. The van der Waals surface area contributed by atoms with Crippen LogP contribution < -0.4 is 0 Å². The van der Waals surface area contributed by atoms with E-state index >= 15 is 0 Å². The summed E-state index contributed by atoms with van der Waals surface area (Å²) in [5.41, 5.74) is 3.27. The van der Waals surface area contributed by atoms with E-state index in [0.29, 0.717) is 5.65 Å². The number of nitrogens with zero attached hydrogens (tertiary/aromatic N) is 4. The standard InChI is InChI=1S/C13H10N4S/c1-18-13-11-12(15-8-16-13)14-7-10(17-11)9-5-3-2-4-6-9/h2-8H,1H3. The maximum absolute atomic E-state index is 4.61. The molecule has 0 amide bonds. The predicted octanol–water partition coefficient (Wildman–Crippen LogP) is 2.81. The van der Waals surface area contributed by atoms with E-state index in [9.17, 15) is 0 Å². The van der Waals surface area contributed by atoms with Gasteiger partial charge in [-0.2, -0.15) is 0 Å². The summed E-state index contributed by atoms with van der Waals surface area (Å²) in [6.07, 6.45) is 5.23. The van der Waals surface area contributed by atoms with Crippen LogP contribution in [0.3, 0.4) is 0 Å². The van der Waals surface area contributed by atoms with E-state index in [1.54, 1.807) is 18.0 Å². The van der Waals surface area contributed by atoms with E-state index in [1.165, 1.54) is 6.33 Å². The Labute approximate surface area is 109 Å². The molecule has 0 radical (unpaired) electrons. The Kier molecular flexibility index (Phi) is 2.90. The summed E-state index contributed by atoms with van der Waals surface area (Å²) in [6.45, 7) is 0. The lowest BCUT2D eigenvalue weighted by Crippen LogP contribution is -1.94. The van der Waals surface area contributed by atoms with Crippen molar-refractivity contribution in [2.24, 2.45) is 0 Å². The molecule has 0 N–H and O–H groups in total. The number of hydrogen-bond acceptors (Lipinski definition) is 5. The van der Waals surface area contributed by atoms with Crippen molar-refractivity contribution in [2.75, 3.05) is 6.26 Å². The molecule has 0 unspecified atom stereocenters. The zero-order chi connectivity index (χ0) is 12.4. The molecule has 18 heavy (non-hydrogen) atoms. The van der Waals surface area contributed by atoms with Crippen molar-refractivity contribution in [1.29, 1.82) is 0 Å². The maximum atomic E-state index is 4.61. The third-order valence-electron chi connectivity index (χ3n) is 2.57. The molecule has 3 rings (SSSR count). The summed E-state index contributed by atoms with van der Waals surface area (Å²) >= 11 is 1.55. The van der Waals surface area contributed by atoms with Crippen LogP contribution >= 0.6 is 11.8 Å². The van der Waals surface area contributed by atoms with Crippen LogP contribution in [0.4, 0.5) is 0 Å². The monoisotopic (exact) mass is 254 g/mol. The quantitative estimate of drug-likeness (QED) is 0.520. The lowest BCUT2D eigenvalue weighted by molar-refractivity contribution is 1.06. The molecular weight excluding hydrogens is 244 g/mol. The number of thioether (sulfide) groups is 1. The normalized spacial score (nSPS) is 10.7. The number of aromatic nitrogens is 4. The van der Waals surface area contributed by atoms with Crippen molar-refractivity contribution >= 4 is 22.9 Å². The van der Waals surface area contributed by atoms with Crippen molar-refractivity contribution in [3.05, 3.63) is 42.9 Å². The van der Waals surface area contributed by atoms with Crippen LogP contribution in [-0.4, -0.2) is 26.2 Å². The topological polar surface area (TPSA) is 51.6 Å².